The van der Waals surface area contributed by atoms with Crippen molar-refractivity contribution in [2.75, 3.05) is 43.1 Å². The summed E-state index contributed by atoms with van der Waals surface area (Å²) in [6, 6.07) is 16.4. The van der Waals surface area contributed by atoms with E-state index in [4.69, 9.17) is 9.84 Å². The third-order valence-corrected chi connectivity index (χ3v) is 5.57. The van der Waals surface area contributed by atoms with Gasteiger partial charge in [0, 0.05) is 49.2 Å². The Morgan fingerprint density at radius 1 is 0.871 bits per heavy atom. The molecule has 1 fully saturated rings. The highest BCUT2D eigenvalue weighted by Gasteiger charge is 2.21. The van der Waals surface area contributed by atoms with Gasteiger partial charge in [0.05, 0.1) is 7.11 Å². The Morgan fingerprint density at radius 3 is 2.23 bits per heavy atom. The Kier molecular flexibility index (Phi) is 4.89. The summed E-state index contributed by atoms with van der Waals surface area (Å²) >= 11 is 0. The summed E-state index contributed by atoms with van der Waals surface area (Å²) in [4.78, 5) is 13.8. The van der Waals surface area contributed by atoms with Gasteiger partial charge in [0.1, 0.15) is 17.4 Å². The van der Waals surface area contributed by atoms with E-state index in [-0.39, 0.29) is 5.82 Å². The van der Waals surface area contributed by atoms with Crippen LogP contribution >= 0.6 is 0 Å². The van der Waals surface area contributed by atoms with Gasteiger partial charge in [-0.2, -0.15) is 9.50 Å². The van der Waals surface area contributed by atoms with Crippen molar-refractivity contribution in [1.82, 2.24) is 19.6 Å². The van der Waals surface area contributed by atoms with E-state index in [0.717, 1.165) is 54.7 Å². The van der Waals surface area contributed by atoms with Crippen LogP contribution < -0.4 is 14.5 Å². The summed E-state index contributed by atoms with van der Waals surface area (Å²) in [7, 11) is 1.65. The molecule has 4 aromatic rings. The molecule has 0 amide bonds. The summed E-state index contributed by atoms with van der Waals surface area (Å²) < 4.78 is 20.3. The van der Waals surface area contributed by atoms with E-state index in [9.17, 15) is 4.39 Å². The lowest BCUT2D eigenvalue weighted by molar-refractivity contribution is 0.415. The Hall–Kier alpha value is -3.68. The van der Waals surface area contributed by atoms with Crippen molar-refractivity contribution in [1.29, 1.82) is 0 Å². The monoisotopic (exact) mass is 418 g/mol. The molecule has 0 aliphatic carbocycles. The number of halogens is 1. The maximum absolute atomic E-state index is 13.2. The third kappa shape index (κ3) is 3.76. The highest BCUT2D eigenvalue weighted by molar-refractivity contribution is 5.60. The predicted octanol–water partition coefficient (Wildman–Crippen LogP) is 3.57. The molecule has 0 radical (unpaired) electrons. The second-order valence-electron chi connectivity index (χ2n) is 7.58. The summed E-state index contributed by atoms with van der Waals surface area (Å²) in [5.41, 5.74) is 2.85. The van der Waals surface area contributed by atoms with Gasteiger partial charge in [-0.15, -0.1) is 5.10 Å². The van der Waals surface area contributed by atoms with Gasteiger partial charge in [-0.25, -0.2) is 9.37 Å². The molecule has 0 N–H and O–H groups in total. The van der Waals surface area contributed by atoms with Crippen LogP contribution in [-0.2, 0) is 0 Å². The van der Waals surface area contributed by atoms with Crippen LogP contribution in [0.4, 0.5) is 15.9 Å². The Labute approximate surface area is 179 Å². The fraction of sp³-hybridized carbons (Fsp3) is 0.261. The van der Waals surface area contributed by atoms with Crippen LogP contribution in [0.25, 0.3) is 17.2 Å². The minimum Gasteiger partial charge on any atom is -0.497 e. The number of benzene rings is 2. The van der Waals surface area contributed by atoms with E-state index in [1.807, 2.05) is 53.9 Å². The van der Waals surface area contributed by atoms with Crippen LogP contribution in [0.1, 0.15) is 5.69 Å². The molecule has 5 rings (SSSR count). The van der Waals surface area contributed by atoms with Gasteiger partial charge >= 0.3 is 0 Å². The smallest absolute Gasteiger partial charge is 0.254 e. The van der Waals surface area contributed by atoms with E-state index in [1.165, 1.54) is 12.1 Å². The first-order valence-electron chi connectivity index (χ1n) is 10.2. The molecular weight excluding hydrogens is 395 g/mol. The number of anilines is 2. The Bertz CT molecular complexity index is 1200. The van der Waals surface area contributed by atoms with Crippen molar-refractivity contribution in [2.45, 2.75) is 6.92 Å². The highest BCUT2D eigenvalue weighted by atomic mass is 19.1. The van der Waals surface area contributed by atoms with Crippen LogP contribution in [0.15, 0.2) is 54.6 Å². The maximum atomic E-state index is 13.2. The topological polar surface area (TPSA) is 58.8 Å². The second kappa shape index (κ2) is 7.86. The number of hydrogen-bond donors (Lipinski definition) is 0. The first-order chi connectivity index (χ1) is 15.1. The number of nitrogens with zero attached hydrogens (tertiary/aromatic N) is 6. The maximum Gasteiger partial charge on any atom is 0.254 e. The molecule has 0 spiro atoms. The molecule has 3 heterocycles. The zero-order valence-corrected chi connectivity index (χ0v) is 17.5. The summed E-state index contributed by atoms with van der Waals surface area (Å²) in [6.07, 6.45) is 0. The van der Waals surface area contributed by atoms with Crippen molar-refractivity contribution < 1.29 is 9.13 Å². The zero-order chi connectivity index (χ0) is 21.4. The van der Waals surface area contributed by atoms with Crippen LogP contribution in [-0.4, -0.2) is 52.9 Å². The van der Waals surface area contributed by atoms with E-state index in [2.05, 4.69) is 19.8 Å². The lowest BCUT2D eigenvalue weighted by Gasteiger charge is -2.37. The second-order valence-corrected chi connectivity index (χ2v) is 7.58. The summed E-state index contributed by atoms with van der Waals surface area (Å²) in [5.74, 6) is 2.78. The fourth-order valence-corrected chi connectivity index (χ4v) is 3.90. The summed E-state index contributed by atoms with van der Waals surface area (Å²) in [5, 5.41) is 4.75. The van der Waals surface area contributed by atoms with Crippen molar-refractivity contribution in [2.24, 2.45) is 0 Å². The number of hydrogen-bond acceptors (Lipinski definition) is 6. The van der Waals surface area contributed by atoms with Gasteiger partial charge in [0.2, 0.25) is 0 Å². The van der Waals surface area contributed by atoms with E-state index in [0.29, 0.717) is 11.6 Å². The van der Waals surface area contributed by atoms with Crippen LogP contribution in [0, 0.1) is 12.7 Å². The van der Waals surface area contributed by atoms with Crippen LogP contribution in [0.2, 0.25) is 0 Å². The third-order valence-electron chi connectivity index (χ3n) is 5.57. The van der Waals surface area contributed by atoms with Crippen molar-refractivity contribution >= 4 is 17.3 Å². The Morgan fingerprint density at radius 2 is 1.55 bits per heavy atom. The van der Waals surface area contributed by atoms with Crippen LogP contribution in [0.5, 0.6) is 5.75 Å². The number of piperazine rings is 1. The molecule has 1 aliphatic rings. The number of fused-ring (bicyclic) bond motifs is 1. The predicted molar refractivity (Wildman–Crippen MR) is 118 cm³/mol. The average Bonchev–Trinajstić information content (AvgIpc) is 3.23. The molecule has 158 valence electrons. The molecule has 2 aromatic heterocycles. The van der Waals surface area contributed by atoms with Gasteiger partial charge in [-0.05, 0) is 55.5 Å². The van der Waals surface area contributed by atoms with Gasteiger partial charge in [-0.3, -0.25) is 0 Å². The number of ether oxygens (including phenoxy) is 1. The molecule has 0 bridgehead atoms. The number of rotatable bonds is 4. The lowest BCUT2D eigenvalue weighted by atomic mass is 10.2. The van der Waals surface area contributed by atoms with E-state index >= 15 is 0 Å². The SMILES string of the molecule is COc1ccc(-c2nc3nc(C)cc(N4CCN(c5ccc(F)cc5)CC4)n3n2)cc1. The Balaban J connectivity index is 1.41. The molecule has 1 saturated heterocycles. The number of aromatic nitrogens is 4. The van der Waals surface area contributed by atoms with Crippen molar-refractivity contribution in [3.05, 3.63) is 66.1 Å². The fourth-order valence-electron chi connectivity index (χ4n) is 3.90. The summed E-state index contributed by atoms with van der Waals surface area (Å²) in [6.45, 7) is 5.31. The van der Waals surface area contributed by atoms with E-state index < -0.39 is 0 Å². The quantitative estimate of drug-likeness (QED) is 0.505. The molecule has 0 atom stereocenters. The lowest BCUT2D eigenvalue weighted by Crippen LogP contribution is -2.47. The van der Waals surface area contributed by atoms with E-state index in [1.54, 1.807) is 7.11 Å². The van der Waals surface area contributed by atoms with Crippen LogP contribution in [0.3, 0.4) is 0 Å². The van der Waals surface area contributed by atoms with Gasteiger partial charge in [0.25, 0.3) is 5.78 Å². The first kappa shape index (κ1) is 19.3. The van der Waals surface area contributed by atoms with Gasteiger partial charge in [-0.1, -0.05) is 0 Å². The standard InChI is InChI=1S/C23H23FN6O/c1-16-15-21(29-13-11-28(12-14-29)19-7-5-18(24)6-8-19)30-23(25-16)26-22(27-30)17-3-9-20(31-2)10-4-17/h3-10,15H,11-14H2,1-2H3. The van der Waals surface area contributed by atoms with Gasteiger partial charge < -0.3 is 14.5 Å². The average molecular weight is 418 g/mol. The van der Waals surface area contributed by atoms with Gasteiger partial charge in [0.15, 0.2) is 5.82 Å². The molecule has 0 saturated carbocycles. The minimum absolute atomic E-state index is 0.212. The molecule has 7 nitrogen and oxygen atoms in total. The number of methoxy groups -OCH3 is 1. The molecule has 0 unspecified atom stereocenters. The first-order valence-corrected chi connectivity index (χ1v) is 10.2. The zero-order valence-electron chi connectivity index (χ0n) is 17.5. The minimum atomic E-state index is -0.212. The molecular formula is C23H23FN6O. The van der Waals surface area contributed by atoms with Crippen molar-refractivity contribution in [3.8, 4) is 17.1 Å². The molecule has 2 aromatic carbocycles. The molecule has 1 aliphatic heterocycles. The molecule has 8 heteroatoms. The largest absolute Gasteiger partial charge is 0.497 e. The highest BCUT2D eigenvalue weighted by Crippen LogP contribution is 2.25. The van der Waals surface area contributed by atoms with Crippen molar-refractivity contribution in [3.63, 3.8) is 0 Å². The normalized spacial score (nSPS) is 14.3. The number of aryl methyl sites for hydroxylation is 1. The molecule has 31 heavy (non-hydrogen) atoms.